The summed E-state index contributed by atoms with van der Waals surface area (Å²) in [5.74, 6) is 1.60. The summed E-state index contributed by atoms with van der Waals surface area (Å²) in [6.45, 7) is 5.86. The van der Waals surface area contributed by atoms with E-state index in [0.717, 1.165) is 10.9 Å². The second kappa shape index (κ2) is 7.21. The topological polar surface area (TPSA) is 67.5 Å². The molecule has 3 aromatic rings. The quantitative estimate of drug-likeness (QED) is 0.677. The first-order valence-electron chi connectivity index (χ1n) is 8.38. The van der Waals surface area contributed by atoms with Gasteiger partial charge in [0.1, 0.15) is 18.3 Å². The van der Waals surface area contributed by atoms with Crippen molar-refractivity contribution in [1.29, 1.82) is 0 Å². The molecule has 7 nitrogen and oxygen atoms in total. The summed E-state index contributed by atoms with van der Waals surface area (Å²) in [5, 5.41) is 0.802. The molecule has 0 N–H and O–H groups in total. The molecule has 0 bridgehead atoms. The van der Waals surface area contributed by atoms with Gasteiger partial charge in [-0.1, -0.05) is 0 Å². The average molecular weight is 357 g/mol. The highest BCUT2D eigenvalue weighted by molar-refractivity contribution is 6.05. The molecule has 0 spiro atoms. The number of rotatable bonds is 6. The molecule has 0 aliphatic carbocycles. The van der Waals surface area contributed by atoms with Gasteiger partial charge in [-0.15, -0.1) is 0 Å². The van der Waals surface area contributed by atoms with Crippen LogP contribution in [0.4, 0.5) is 0 Å². The van der Waals surface area contributed by atoms with Crippen LogP contribution in [0.25, 0.3) is 10.9 Å². The third-order valence-corrected chi connectivity index (χ3v) is 4.08. The predicted octanol–water partition coefficient (Wildman–Crippen LogP) is 3.23. The molecule has 2 heterocycles. The van der Waals surface area contributed by atoms with Crippen molar-refractivity contribution in [2.24, 2.45) is 0 Å². The molecule has 3 rings (SSSR count). The molecule has 0 fully saturated rings. The predicted molar refractivity (Wildman–Crippen MR) is 98.0 cm³/mol. The Labute approximate surface area is 152 Å². The molecule has 0 amide bonds. The summed E-state index contributed by atoms with van der Waals surface area (Å²) in [7, 11) is 3.20. The Morgan fingerprint density at radius 2 is 2.04 bits per heavy atom. The van der Waals surface area contributed by atoms with Crippen LogP contribution in [0.15, 0.2) is 30.6 Å². The molecule has 0 aliphatic heterocycles. The highest BCUT2D eigenvalue weighted by Crippen LogP contribution is 2.37. The van der Waals surface area contributed by atoms with Crippen LogP contribution in [-0.4, -0.2) is 40.3 Å². The zero-order valence-corrected chi connectivity index (χ0v) is 15.6. The normalized spacial score (nSPS) is 11.3. The smallest absolute Gasteiger partial charge is 0.283 e. The molecule has 2 aromatic heterocycles. The molecule has 0 unspecified atom stereocenters. The molecule has 0 atom stereocenters. The number of methoxy groups -OCH3 is 2. The van der Waals surface area contributed by atoms with Crippen LogP contribution in [0.5, 0.6) is 11.5 Å². The second-order valence-electron chi connectivity index (χ2n) is 6.22. The Hall–Kier alpha value is -2.80. The van der Waals surface area contributed by atoms with Crippen molar-refractivity contribution in [3.63, 3.8) is 0 Å². The van der Waals surface area contributed by atoms with E-state index >= 15 is 0 Å². The van der Waals surface area contributed by atoms with E-state index in [1.807, 2.05) is 36.6 Å². The van der Waals surface area contributed by atoms with Gasteiger partial charge in [0.25, 0.3) is 5.91 Å². The van der Waals surface area contributed by atoms with E-state index < -0.39 is 0 Å². The van der Waals surface area contributed by atoms with Crippen molar-refractivity contribution in [3.8, 4) is 11.5 Å². The number of hydrogen-bond donors (Lipinski definition) is 0. The molecule has 1 aromatic carbocycles. The third kappa shape index (κ3) is 3.06. The van der Waals surface area contributed by atoms with Crippen LogP contribution in [0, 0.1) is 6.92 Å². The Bertz CT molecular complexity index is 940. The Kier molecular flexibility index (Phi) is 4.99. The van der Waals surface area contributed by atoms with Gasteiger partial charge >= 0.3 is 0 Å². The van der Waals surface area contributed by atoms with Crippen molar-refractivity contribution in [2.75, 3.05) is 14.2 Å². The lowest BCUT2D eigenvalue weighted by molar-refractivity contribution is 0.0911. The molecular weight excluding hydrogens is 334 g/mol. The van der Waals surface area contributed by atoms with Crippen molar-refractivity contribution in [1.82, 2.24) is 14.1 Å². The Morgan fingerprint density at radius 1 is 1.27 bits per heavy atom. The minimum atomic E-state index is -0.220. The summed E-state index contributed by atoms with van der Waals surface area (Å²) < 4.78 is 20.1. The fourth-order valence-corrected chi connectivity index (χ4v) is 2.97. The number of nitrogens with zero attached hydrogens (tertiary/aromatic N) is 3. The number of hydrogen-bond acceptors (Lipinski definition) is 5. The lowest BCUT2D eigenvalue weighted by Gasteiger charge is -2.14. The van der Waals surface area contributed by atoms with E-state index in [1.54, 1.807) is 33.5 Å². The lowest BCUT2D eigenvalue weighted by Crippen LogP contribution is -2.20. The number of ether oxygens (including phenoxy) is 3. The maximum absolute atomic E-state index is 13.3. The van der Waals surface area contributed by atoms with Gasteiger partial charge in [0.05, 0.1) is 18.7 Å². The molecule has 0 saturated heterocycles. The van der Waals surface area contributed by atoms with Gasteiger partial charge in [0.2, 0.25) is 0 Å². The van der Waals surface area contributed by atoms with Gasteiger partial charge in [0.15, 0.2) is 11.4 Å². The van der Waals surface area contributed by atoms with Gasteiger partial charge in [-0.2, -0.15) is 0 Å². The van der Waals surface area contributed by atoms with Gasteiger partial charge in [-0.05, 0) is 39.0 Å². The van der Waals surface area contributed by atoms with Crippen LogP contribution in [0.2, 0.25) is 0 Å². The van der Waals surface area contributed by atoms with E-state index in [4.69, 9.17) is 14.2 Å². The number of carbonyl (C=O) groups is 1. The van der Waals surface area contributed by atoms with Crippen LogP contribution in [0.1, 0.15) is 30.2 Å². The first-order valence-corrected chi connectivity index (χ1v) is 8.38. The van der Waals surface area contributed by atoms with E-state index in [-0.39, 0.29) is 18.7 Å². The van der Waals surface area contributed by atoms with Crippen LogP contribution in [0.3, 0.4) is 0 Å². The van der Waals surface area contributed by atoms with E-state index in [0.29, 0.717) is 23.0 Å². The molecule has 7 heteroatoms. The van der Waals surface area contributed by atoms with Crippen molar-refractivity contribution >= 4 is 16.8 Å². The van der Waals surface area contributed by atoms with Crippen LogP contribution < -0.4 is 9.47 Å². The zero-order valence-electron chi connectivity index (χ0n) is 15.6. The Balaban J connectivity index is 2.31. The summed E-state index contributed by atoms with van der Waals surface area (Å²) in [4.78, 5) is 17.4. The molecular formula is C19H23N3O4. The lowest BCUT2D eigenvalue weighted by atomic mass is 10.2. The largest absolute Gasteiger partial charge is 0.497 e. The van der Waals surface area contributed by atoms with Gasteiger partial charge in [-0.25, -0.2) is 4.98 Å². The van der Waals surface area contributed by atoms with E-state index in [1.165, 1.54) is 4.57 Å². The fourth-order valence-electron chi connectivity index (χ4n) is 2.97. The van der Waals surface area contributed by atoms with Gasteiger partial charge in [0, 0.05) is 24.9 Å². The summed E-state index contributed by atoms with van der Waals surface area (Å²) >= 11 is 0. The first-order chi connectivity index (χ1) is 12.5. The first kappa shape index (κ1) is 18.0. The number of aryl methyl sites for hydroxylation is 1. The number of fused-ring (bicyclic) bond motifs is 1. The highest BCUT2D eigenvalue weighted by atomic mass is 16.5. The van der Waals surface area contributed by atoms with Crippen LogP contribution in [-0.2, 0) is 11.5 Å². The fraction of sp³-hybridized carbons (Fsp3) is 0.368. The zero-order chi connectivity index (χ0) is 18.8. The SMILES string of the molecule is COCn1c(C(=O)n2ccnc2C)c(OC(C)C)c2cc(OC)ccc21. The second-order valence-corrected chi connectivity index (χ2v) is 6.22. The van der Waals surface area contributed by atoms with Gasteiger partial charge in [-0.3, -0.25) is 9.36 Å². The molecule has 26 heavy (non-hydrogen) atoms. The minimum absolute atomic E-state index is 0.0989. The monoisotopic (exact) mass is 357 g/mol. The molecule has 138 valence electrons. The number of imidazole rings is 1. The third-order valence-electron chi connectivity index (χ3n) is 4.08. The number of benzene rings is 1. The van der Waals surface area contributed by atoms with Crippen molar-refractivity contribution in [3.05, 3.63) is 42.1 Å². The average Bonchev–Trinajstić information content (AvgIpc) is 3.16. The molecule has 0 aliphatic rings. The van der Waals surface area contributed by atoms with E-state index in [2.05, 4.69) is 4.98 Å². The Morgan fingerprint density at radius 3 is 2.62 bits per heavy atom. The summed E-state index contributed by atoms with van der Waals surface area (Å²) in [6.07, 6.45) is 3.15. The maximum atomic E-state index is 13.3. The van der Waals surface area contributed by atoms with E-state index in [9.17, 15) is 4.79 Å². The standard InChI is InChI=1S/C19H23N3O4/c1-12(2)26-18-15-10-14(25-5)6-7-16(15)22(11-24-4)17(18)19(23)21-9-8-20-13(21)3/h6-10,12H,11H2,1-5H3. The highest BCUT2D eigenvalue weighted by Gasteiger charge is 2.27. The minimum Gasteiger partial charge on any atom is -0.497 e. The summed E-state index contributed by atoms with van der Waals surface area (Å²) in [5.41, 5.74) is 1.26. The number of aromatic nitrogens is 3. The van der Waals surface area contributed by atoms with Gasteiger partial charge < -0.3 is 18.8 Å². The maximum Gasteiger partial charge on any atom is 0.283 e. The number of carbonyl (C=O) groups excluding carboxylic acids is 1. The molecule has 0 saturated carbocycles. The summed E-state index contributed by atoms with van der Waals surface area (Å²) in [6, 6.07) is 5.62. The van der Waals surface area contributed by atoms with Crippen molar-refractivity contribution < 1.29 is 19.0 Å². The van der Waals surface area contributed by atoms with Crippen molar-refractivity contribution in [2.45, 2.75) is 33.6 Å². The molecule has 0 radical (unpaired) electrons. The van der Waals surface area contributed by atoms with Crippen LogP contribution >= 0.6 is 0 Å².